The van der Waals surface area contributed by atoms with Gasteiger partial charge >= 0.3 is 0 Å². The van der Waals surface area contributed by atoms with Crippen molar-refractivity contribution in [3.05, 3.63) is 24.3 Å². The molecule has 1 atom stereocenters. The van der Waals surface area contributed by atoms with Crippen LogP contribution < -0.4 is 9.64 Å². The SMILES string of the molecule is COc1cccc(N2CCN(C(=O)[C@@]3(C)CC3(Cl)Cl)CC2)c1. The molecule has 1 heterocycles. The predicted molar refractivity (Wildman–Crippen MR) is 88.9 cm³/mol. The molecule has 0 aromatic heterocycles. The molecule has 0 radical (unpaired) electrons. The molecule has 0 N–H and O–H groups in total. The van der Waals surface area contributed by atoms with Crippen LogP contribution in [0.15, 0.2) is 24.3 Å². The Morgan fingerprint density at radius 1 is 1.23 bits per heavy atom. The Balaban J connectivity index is 1.62. The normalized spacial score (nSPS) is 26.7. The summed E-state index contributed by atoms with van der Waals surface area (Å²) in [4.78, 5) is 16.7. The monoisotopic (exact) mass is 342 g/mol. The zero-order valence-electron chi connectivity index (χ0n) is 12.8. The van der Waals surface area contributed by atoms with E-state index in [9.17, 15) is 4.79 Å². The number of methoxy groups -OCH3 is 1. The summed E-state index contributed by atoms with van der Waals surface area (Å²) >= 11 is 12.2. The van der Waals surface area contributed by atoms with Crippen molar-refractivity contribution >= 4 is 34.8 Å². The van der Waals surface area contributed by atoms with Crippen molar-refractivity contribution < 1.29 is 9.53 Å². The quantitative estimate of drug-likeness (QED) is 0.791. The first kappa shape index (κ1) is 15.8. The van der Waals surface area contributed by atoms with Crippen molar-refractivity contribution in [1.82, 2.24) is 4.90 Å². The van der Waals surface area contributed by atoms with E-state index < -0.39 is 9.75 Å². The predicted octanol–water partition coefficient (Wildman–Crippen LogP) is 2.93. The van der Waals surface area contributed by atoms with Gasteiger partial charge in [0.15, 0.2) is 0 Å². The number of hydrogen-bond donors (Lipinski definition) is 0. The molecule has 0 unspecified atom stereocenters. The Hall–Kier alpha value is -1.13. The van der Waals surface area contributed by atoms with E-state index in [0.29, 0.717) is 19.5 Å². The third-order valence-corrected chi connectivity index (χ3v) is 5.82. The minimum absolute atomic E-state index is 0.0720. The van der Waals surface area contributed by atoms with Crippen LogP contribution in [-0.4, -0.2) is 48.4 Å². The van der Waals surface area contributed by atoms with Gasteiger partial charge in [-0.2, -0.15) is 0 Å². The number of piperazine rings is 1. The number of amides is 1. The molecule has 0 spiro atoms. The van der Waals surface area contributed by atoms with E-state index >= 15 is 0 Å². The Kier molecular flexibility index (Phi) is 3.94. The molecule has 2 fully saturated rings. The van der Waals surface area contributed by atoms with Crippen LogP contribution in [0.3, 0.4) is 0 Å². The number of rotatable bonds is 3. The van der Waals surface area contributed by atoms with Crippen molar-refractivity contribution in [3.8, 4) is 5.75 Å². The standard InChI is InChI=1S/C16H20Cl2N2O2/c1-15(11-16(15,17)18)14(21)20-8-6-19(7-9-20)12-4-3-5-13(10-12)22-2/h3-5,10H,6-9,11H2,1-2H3/t15-/m1/s1. The third-order valence-electron chi connectivity index (χ3n) is 4.72. The molecular formula is C16H20Cl2N2O2. The fourth-order valence-electron chi connectivity index (χ4n) is 2.96. The van der Waals surface area contributed by atoms with E-state index in [1.807, 2.05) is 30.0 Å². The molecule has 3 rings (SSSR count). The number of carbonyl (C=O) groups is 1. The second-order valence-corrected chi connectivity index (χ2v) is 7.68. The number of hydrogen-bond acceptors (Lipinski definition) is 3. The molecule has 1 aromatic carbocycles. The molecule has 4 nitrogen and oxygen atoms in total. The molecule has 1 amide bonds. The lowest BCUT2D eigenvalue weighted by molar-refractivity contribution is -0.136. The molecular weight excluding hydrogens is 323 g/mol. The molecule has 0 bridgehead atoms. The van der Waals surface area contributed by atoms with E-state index in [2.05, 4.69) is 11.0 Å². The van der Waals surface area contributed by atoms with E-state index in [0.717, 1.165) is 24.5 Å². The molecule has 6 heteroatoms. The second-order valence-electron chi connectivity index (χ2n) is 6.19. The van der Waals surface area contributed by atoms with Crippen molar-refractivity contribution in [3.63, 3.8) is 0 Å². The first-order valence-electron chi connectivity index (χ1n) is 7.44. The van der Waals surface area contributed by atoms with Crippen molar-refractivity contribution in [2.75, 3.05) is 38.2 Å². The maximum atomic E-state index is 12.6. The van der Waals surface area contributed by atoms with Gasteiger partial charge in [0, 0.05) is 37.9 Å². The van der Waals surface area contributed by atoms with Crippen LogP contribution in [0.1, 0.15) is 13.3 Å². The molecule has 2 aliphatic rings. The number of ether oxygens (including phenoxy) is 1. The lowest BCUT2D eigenvalue weighted by atomic mass is 10.1. The Labute approximate surface area is 140 Å². The van der Waals surface area contributed by atoms with Gasteiger partial charge in [0.05, 0.1) is 12.5 Å². The van der Waals surface area contributed by atoms with Gasteiger partial charge in [0.2, 0.25) is 5.91 Å². The zero-order valence-corrected chi connectivity index (χ0v) is 14.3. The topological polar surface area (TPSA) is 32.8 Å². The minimum Gasteiger partial charge on any atom is -0.497 e. The van der Waals surface area contributed by atoms with Gasteiger partial charge in [-0.15, -0.1) is 23.2 Å². The first-order valence-corrected chi connectivity index (χ1v) is 8.19. The fourth-order valence-corrected chi connectivity index (χ4v) is 3.65. The molecule has 1 saturated carbocycles. The summed E-state index contributed by atoms with van der Waals surface area (Å²) in [5, 5.41) is 0. The Morgan fingerprint density at radius 3 is 2.41 bits per heavy atom. The molecule has 120 valence electrons. The second kappa shape index (κ2) is 5.50. The maximum Gasteiger partial charge on any atom is 0.231 e. The van der Waals surface area contributed by atoms with Crippen molar-refractivity contribution in [2.24, 2.45) is 5.41 Å². The average Bonchev–Trinajstić information content (AvgIpc) is 3.06. The van der Waals surface area contributed by atoms with Gasteiger partial charge < -0.3 is 14.5 Å². The number of anilines is 1. The Bertz CT molecular complexity index is 585. The first-order chi connectivity index (χ1) is 10.4. The van der Waals surface area contributed by atoms with Crippen LogP contribution in [0.4, 0.5) is 5.69 Å². The van der Waals surface area contributed by atoms with Crippen LogP contribution in [0.25, 0.3) is 0 Å². The summed E-state index contributed by atoms with van der Waals surface area (Å²) in [5.41, 5.74) is 0.502. The van der Waals surface area contributed by atoms with Gasteiger partial charge in [-0.1, -0.05) is 6.07 Å². The van der Waals surface area contributed by atoms with Crippen LogP contribution in [0.5, 0.6) is 5.75 Å². The summed E-state index contributed by atoms with van der Waals surface area (Å²) in [6, 6.07) is 7.98. The number of nitrogens with zero attached hydrogens (tertiary/aromatic N) is 2. The van der Waals surface area contributed by atoms with E-state index in [-0.39, 0.29) is 5.91 Å². The molecule has 22 heavy (non-hydrogen) atoms. The largest absolute Gasteiger partial charge is 0.497 e. The van der Waals surface area contributed by atoms with Crippen molar-refractivity contribution in [2.45, 2.75) is 17.7 Å². The molecule has 1 aliphatic heterocycles. The van der Waals surface area contributed by atoms with E-state index in [1.165, 1.54) is 0 Å². The highest BCUT2D eigenvalue weighted by molar-refractivity contribution is 6.53. The zero-order chi connectivity index (χ0) is 16.0. The van der Waals surface area contributed by atoms with Gasteiger partial charge in [-0.05, 0) is 25.5 Å². The van der Waals surface area contributed by atoms with Crippen LogP contribution in [0, 0.1) is 5.41 Å². The highest BCUT2D eigenvalue weighted by Gasteiger charge is 2.68. The molecule has 1 aromatic rings. The summed E-state index contributed by atoms with van der Waals surface area (Å²) in [6.45, 7) is 4.83. The van der Waals surface area contributed by atoms with Gasteiger partial charge in [0.25, 0.3) is 0 Å². The number of halogens is 2. The molecule has 1 saturated heterocycles. The minimum atomic E-state index is -0.895. The van der Waals surface area contributed by atoms with Crippen LogP contribution in [0.2, 0.25) is 0 Å². The maximum absolute atomic E-state index is 12.6. The lowest BCUT2D eigenvalue weighted by Crippen LogP contribution is -2.51. The Morgan fingerprint density at radius 2 is 1.86 bits per heavy atom. The highest BCUT2D eigenvalue weighted by atomic mass is 35.5. The van der Waals surface area contributed by atoms with Crippen LogP contribution >= 0.6 is 23.2 Å². The average molecular weight is 343 g/mol. The lowest BCUT2D eigenvalue weighted by Gasteiger charge is -2.37. The highest BCUT2D eigenvalue weighted by Crippen LogP contribution is 2.64. The number of carbonyl (C=O) groups excluding carboxylic acids is 1. The smallest absolute Gasteiger partial charge is 0.231 e. The van der Waals surface area contributed by atoms with Gasteiger partial charge in [-0.25, -0.2) is 0 Å². The van der Waals surface area contributed by atoms with Gasteiger partial charge in [-0.3, -0.25) is 4.79 Å². The van der Waals surface area contributed by atoms with Crippen molar-refractivity contribution in [1.29, 1.82) is 0 Å². The fraction of sp³-hybridized carbons (Fsp3) is 0.562. The summed E-state index contributed by atoms with van der Waals surface area (Å²) in [7, 11) is 1.66. The summed E-state index contributed by atoms with van der Waals surface area (Å²) in [6.07, 6.45) is 0.540. The number of alkyl halides is 2. The summed E-state index contributed by atoms with van der Waals surface area (Å²) < 4.78 is 4.37. The van der Waals surface area contributed by atoms with Crippen LogP contribution in [-0.2, 0) is 4.79 Å². The van der Waals surface area contributed by atoms with E-state index in [4.69, 9.17) is 27.9 Å². The third kappa shape index (κ3) is 2.63. The van der Waals surface area contributed by atoms with Gasteiger partial charge in [0.1, 0.15) is 10.1 Å². The van der Waals surface area contributed by atoms with E-state index in [1.54, 1.807) is 7.11 Å². The number of benzene rings is 1. The summed E-state index contributed by atoms with van der Waals surface area (Å²) in [5.74, 6) is 0.915. The molecule has 1 aliphatic carbocycles.